The summed E-state index contributed by atoms with van der Waals surface area (Å²) in [7, 11) is 0. The number of benzene rings is 1. The van der Waals surface area contributed by atoms with E-state index in [-0.39, 0.29) is 31.4 Å². The van der Waals surface area contributed by atoms with Crippen LogP contribution in [0.5, 0.6) is 0 Å². The lowest BCUT2D eigenvalue weighted by Gasteiger charge is -2.24. The van der Waals surface area contributed by atoms with E-state index in [1.54, 1.807) is 0 Å². The summed E-state index contributed by atoms with van der Waals surface area (Å²) in [5.41, 5.74) is 6.83. The van der Waals surface area contributed by atoms with E-state index in [2.05, 4.69) is 16.0 Å². The van der Waals surface area contributed by atoms with Crippen molar-refractivity contribution in [1.82, 2.24) is 16.0 Å². The zero-order chi connectivity index (χ0) is 25.5. The van der Waals surface area contributed by atoms with Crippen molar-refractivity contribution < 1.29 is 23.9 Å². The molecule has 0 aromatic heterocycles. The average Bonchev–Trinajstić information content (AvgIpc) is 2.82. The minimum atomic E-state index is -0.896. The molecule has 0 aliphatic heterocycles. The highest BCUT2D eigenvalue weighted by molar-refractivity contribution is 5.90. The van der Waals surface area contributed by atoms with Crippen LogP contribution in [0.1, 0.15) is 58.9 Å². The fourth-order valence-electron chi connectivity index (χ4n) is 3.21. The van der Waals surface area contributed by atoms with Crippen LogP contribution in [0, 0.1) is 11.8 Å². The number of hydrogen-bond donors (Lipinski definition) is 4. The predicted molar refractivity (Wildman–Crippen MR) is 130 cm³/mol. The molecule has 1 radical (unpaired) electrons. The highest BCUT2D eigenvalue weighted by Gasteiger charge is 2.27. The maximum atomic E-state index is 12.8. The molecule has 0 spiro atoms. The number of carbonyl (C=O) groups is 3. The first-order chi connectivity index (χ1) is 16.2. The van der Waals surface area contributed by atoms with Gasteiger partial charge in [0.15, 0.2) is 0 Å². The zero-order valence-electron chi connectivity index (χ0n) is 20.6. The summed E-state index contributed by atoms with van der Waals surface area (Å²) in [4.78, 5) is 48.6. The molecular weight excluding hydrogens is 436 g/mol. The summed E-state index contributed by atoms with van der Waals surface area (Å²) in [6.07, 6.45) is 3.10. The van der Waals surface area contributed by atoms with Crippen LogP contribution < -0.4 is 21.7 Å². The van der Waals surface area contributed by atoms with Crippen LogP contribution >= 0.6 is 0 Å². The maximum Gasteiger partial charge on any atom is 0.407 e. The van der Waals surface area contributed by atoms with Crippen molar-refractivity contribution in [2.75, 3.05) is 6.54 Å². The van der Waals surface area contributed by atoms with Crippen molar-refractivity contribution >= 4 is 24.2 Å². The molecular formula is C25H39N4O5. The number of nitrogens with two attached hydrogens (primary N) is 1. The van der Waals surface area contributed by atoms with Crippen LogP contribution in [0.4, 0.5) is 4.79 Å². The molecule has 0 aliphatic rings. The molecule has 1 aromatic carbocycles. The Bertz CT molecular complexity index is 772. The first-order valence-electron chi connectivity index (χ1n) is 11.9. The van der Waals surface area contributed by atoms with Gasteiger partial charge in [-0.25, -0.2) is 4.79 Å². The second-order valence-corrected chi connectivity index (χ2v) is 8.92. The number of alkyl carbamates (subject to hydrolysis) is 1. The van der Waals surface area contributed by atoms with Crippen molar-refractivity contribution in [3.05, 3.63) is 35.9 Å². The Morgan fingerprint density at radius 1 is 1.06 bits per heavy atom. The van der Waals surface area contributed by atoms with Gasteiger partial charge < -0.3 is 26.4 Å². The van der Waals surface area contributed by atoms with E-state index in [9.17, 15) is 19.2 Å². The molecule has 0 heterocycles. The second-order valence-electron chi connectivity index (χ2n) is 8.92. The van der Waals surface area contributed by atoms with Gasteiger partial charge in [0.2, 0.25) is 18.1 Å². The van der Waals surface area contributed by atoms with E-state index < -0.39 is 36.0 Å². The average molecular weight is 476 g/mol. The summed E-state index contributed by atoms with van der Waals surface area (Å²) in [5, 5.41) is 7.99. The number of rotatable bonds is 15. The molecule has 1 aromatic rings. The van der Waals surface area contributed by atoms with E-state index >= 15 is 0 Å². The topological polar surface area (TPSA) is 140 Å². The van der Waals surface area contributed by atoms with Gasteiger partial charge in [-0.15, -0.1) is 0 Å². The Kier molecular flexibility index (Phi) is 13.5. The third-order valence-electron chi connectivity index (χ3n) is 5.48. The second kappa shape index (κ2) is 15.8. The molecule has 5 N–H and O–H groups in total. The molecule has 34 heavy (non-hydrogen) atoms. The SMILES string of the molecule is CC[C@H](C)[C@@H]([C]=O)NC(=O)[C@@H](CCCNC(=O)OCc1ccccc1)NC(=O)[C@@H](N)CC(C)C. The predicted octanol–water partition coefficient (Wildman–Crippen LogP) is 2.19. The number of hydrogen-bond acceptors (Lipinski definition) is 6. The summed E-state index contributed by atoms with van der Waals surface area (Å²) in [5.74, 6) is -0.787. The van der Waals surface area contributed by atoms with Crippen LogP contribution in [0.15, 0.2) is 30.3 Å². The van der Waals surface area contributed by atoms with Crippen LogP contribution in [0.3, 0.4) is 0 Å². The number of amides is 3. The van der Waals surface area contributed by atoms with Crippen LogP contribution in [-0.4, -0.2) is 48.9 Å². The van der Waals surface area contributed by atoms with Crippen LogP contribution in [-0.2, 0) is 25.7 Å². The summed E-state index contributed by atoms with van der Waals surface area (Å²) < 4.78 is 5.16. The summed E-state index contributed by atoms with van der Waals surface area (Å²) in [6.45, 7) is 8.06. The molecule has 9 nitrogen and oxygen atoms in total. The van der Waals surface area contributed by atoms with Gasteiger partial charge in [0.25, 0.3) is 0 Å². The molecule has 0 bridgehead atoms. The number of ether oxygens (including phenoxy) is 1. The van der Waals surface area contributed by atoms with E-state index in [1.807, 2.05) is 64.3 Å². The van der Waals surface area contributed by atoms with Gasteiger partial charge in [-0.2, -0.15) is 0 Å². The highest BCUT2D eigenvalue weighted by atomic mass is 16.5. The highest BCUT2D eigenvalue weighted by Crippen LogP contribution is 2.08. The van der Waals surface area contributed by atoms with Crippen molar-refractivity contribution in [1.29, 1.82) is 0 Å². The van der Waals surface area contributed by atoms with Gasteiger partial charge in [-0.3, -0.25) is 14.4 Å². The Morgan fingerprint density at radius 3 is 2.32 bits per heavy atom. The van der Waals surface area contributed by atoms with E-state index in [0.717, 1.165) is 5.56 Å². The standard InChI is InChI=1S/C25H39N4O5/c1-5-18(4)22(15-30)29-24(32)21(28-23(31)20(26)14-17(2)3)12-9-13-27-25(33)34-16-19-10-7-6-8-11-19/h6-8,10-11,17-18,20-22H,5,9,12-14,16,26H2,1-4H3,(H,27,33)(H,28,31)(H,29,32)/t18-,20-,21+,22+/m0/s1. The number of nitrogens with one attached hydrogen (secondary N) is 3. The quantitative estimate of drug-likeness (QED) is 0.287. The molecule has 0 unspecified atom stereocenters. The van der Waals surface area contributed by atoms with Gasteiger partial charge in [0.05, 0.1) is 12.1 Å². The fourth-order valence-corrected chi connectivity index (χ4v) is 3.21. The monoisotopic (exact) mass is 475 g/mol. The van der Waals surface area contributed by atoms with E-state index in [0.29, 0.717) is 19.3 Å². The largest absolute Gasteiger partial charge is 0.445 e. The summed E-state index contributed by atoms with van der Waals surface area (Å²) in [6, 6.07) is 6.89. The molecule has 9 heteroatoms. The van der Waals surface area contributed by atoms with Gasteiger partial charge in [-0.05, 0) is 36.7 Å². The normalized spacial score (nSPS) is 14.4. The minimum Gasteiger partial charge on any atom is -0.445 e. The Morgan fingerprint density at radius 2 is 1.74 bits per heavy atom. The van der Waals surface area contributed by atoms with Crippen molar-refractivity contribution in [2.45, 2.75) is 78.1 Å². The molecule has 1 rings (SSSR count). The Hall–Kier alpha value is -2.94. The van der Waals surface area contributed by atoms with Gasteiger partial charge in [0.1, 0.15) is 12.6 Å². The third kappa shape index (κ3) is 11.3. The van der Waals surface area contributed by atoms with Gasteiger partial charge in [-0.1, -0.05) is 64.4 Å². The third-order valence-corrected chi connectivity index (χ3v) is 5.48. The molecule has 0 saturated carbocycles. The first kappa shape index (κ1) is 29.1. The van der Waals surface area contributed by atoms with Crippen molar-refractivity contribution in [3.8, 4) is 0 Å². The molecule has 3 amide bonds. The molecule has 189 valence electrons. The first-order valence-corrected chi connectivity index (χ1v) is 11.9. The van der Waals surface area contributed by atoms with Gasteiger partial charge in [0, 0.05) is 6.54 Å². The smallest absolute Gasteiger partial charge is 0.407 e. The Labute approximate surface area is 202 Å². The fraction of sp³-hybridized carbons (Fsp3) is 0.600. The molecule has 0 saturated heterocycles. The Balaban J connectivity index is 2.63. The van der Waals surface area contributed by atoms with Crippen LogP contribution in [0.2, 0.25) is 0 Å². The van der Waals surface area contributed by atoms with E-state index in [1.165, 1.54) is 0 Å². The molecule has 0 aliphatic carbocycles. The summed E-state index contributed by atoms with van der Waals surface area (Å²) >= 11 is 0. The van der Waals surface area contributed by atoms with Crippen LogP contribution in [0.25, 0.3) is 0 Å². The van der Waals surface area contributed by atoms with E-state index in [4.69, 9.17) is 10.5 Å². The lowest BCUT2D eigenvalue weighted by Crippen LogP contribution is -2.54. The van der Waals surface area contributed by atoms with Crippen molar-refractivity contribution in [3.63, 3.8) is 0 Å². The van der Waals surface area contributed by atoms with Crippen molar-refractivity contribution in [2.24, 2.45) is 17.6 Å². The number of carbonyl (C=O) groups excluding carboxylic acids is 4. The zero-order valence-corrected chi connectivity index (χ0v) is 20.6. The lowest BCUT2D eigenvalue weighted by atomic mass is 9.99. The lowest BCUT2D eigenvalue weighted by molar-refractivity contribution is -0.130. The maximum absolute atomic E-state index is 12.8. The molecule has 0 fully saturated rings. The molecule has 4 atom stereocenters. The van der Waals surface area contributed by atoms with Gasteiger partial charge >= 0.3 is 6.09 Å². The minimum absolute atomic E-state index is 0.0953.